The Morgan fingerprint density at radius 1 is 1.05 bits per heavy atom. The van der Waals surface area contributed by atoms with E-state index < -0.39 is 0 Å². The zero-order valence-corrected chi connectivity index (χ0v) is 12.6. The van der Waals surface area contributed by atoms with E-state index in [9.17, 15) is 4.79 Å². The summed E-state index contributed by atoms with van der Waals surface area (Å²) in [6.45, 7) is 6.92. The van der Waals surface area contributed by atoms with Gasteiger partial charge in [-0.2, -0.15) is 0 Å². The molecule has 1 amide bonds. The van der Waals surface area contributed by atoms with Gasteiger partial charge in [-0.15, -0.1) is 0 Å². The van der Waals surface area contributed by atoms with Crippen molar-refractivity contribution < 1.29 is 4.79 Å². The van der Waals surface area contributed by atoms with Gasteiger partial charge in [0.2, 0.25) is 5.91 Å². The number of rotatable bonds is 8. The predicted molar refractivity (Wildman–Crippen MR) is 81.6 cm³/mol. The fraction of sp³-hybridized carbons (Fsp3) is 0.933. The van der Waals surface area contributed by atoms with E-state index >= 15 is 0 Å². The van der Waals surface area contributed by atoms with Crippen LogP contribution in [0.4, 0.5) is 0 Å². The molecule has 2 fully saturated rings. The van der Waals surface area contributed by atoms with Crippen LogP contribution in [-0.2, 0) is 4.79 Å². The van der Waals surface area contributed by atoms with Crippen LogP contribution in [0.5, 0.6) is 0 Å². The minimum atomic E-state index is 0.212. The maximum atomic E-state index is 11.8. The molecule has 0 unspecified atom stereocenters. The Hall–Kier alpha value is -0.650. The molecule has 20 heavy (non-hydrogen) atoms. The quantitative estimate of drug-likeness (QED) is 0.633. The second-order valence-corrected chi connectivity index (χ2v) is 6.16. The van der Waals surface area contributed by atoms with Crippen molar-refractivity contribution in [2.75, 3.05) is 45.8 Å². The van der Waals surface area contributed by atoms with E-state index in [1.54, 1.807) is 0 Å². The number of hydrogen-bond acceptors (Lipinski definition) is 4. The highest BCUT2D eigenvalue weighted by Crippen LogP contribution is 2.18. The average Bonchev–Trinajstić information content (AvgIpc) is 3.24. The van der Waals surface area contributed by atoms with Crippen LogP contribution in [-0.4, -0.2) is 67.6 Å². The Kier molecular flexibility index (Phi) is 6.76. The fourth-order valence-electron chi connectivity index (χ4n) is 2.77. The van der Waals surface area contributed by atoms with Crippen molar-refractivity contribution in [2.24, 2.45) is 5.73 Å². The lowest BCUT2D eigenvalue weighted by atomic mass is 10.2. The molecule has 2 aliphatic rings. The van der Waals surface area contributed by atoms with Gasteiger partial charge >= 0.3 is 0 Å². The summed E-state index contributed by atoms with van der Waals surface area (Å²) in [7, 11) is 0. The Bertz CT molecular complexity index is 294. The normalized spacial score (nSPS) is 21.6. The SMILES string of the molecule is NCCCCCN1CCCN(CC(=O)NC2CC2)CC1. The van der Waals surface area contributed by atoms with Gasteiger partial charge in [0.05, 0.1) is 6.54 Å². The Labute approximate surface area is 122 Å². The molecular formula is C15H30N4O. The highest BCUT2D eigenvalue weighted by atomic mass is 16.2. The minimum absolute atomic E-state index is 0.212. The molecule has 5 heteroatoms. The van der Waals surface area contributed by atoms with E-state index in [4.69, 9.17) is 5.73 Å². The summed E-state index contributed by atoms with van der Waals surface area (Å²) in [5, 5.41) is 3.08. The fourth-order valence-corrected chi connectivity index (χ4v) is 2.77. The molecule has 1 saturated carbocycles. The zero-order valence-electron chi connectivity index (χ0n) is 12.6. The van der Waals surface area contributed by atoms with Crippen molar-refractivity contribution in [3.8, 4) is 0 Å². The van der Waals surface area contributed by atoms with Crippen LogP contribution in [0.2, 0.25) is 0 Å². The monoisotopic (exact) mass is 282 g/mol. The first-order chi connectivity index (χ1) is 9.78. The number of nitrogens with zero attached hydrogens (tertiary/aromatic N) is 2. The first kappa shape index (κ1) is 15.7. The molecule has 0 atom stereocenters. The zero-order chi connectivity index (χ0) is 14.2. The van der Waals surface area contributed by atoms with E-state index in [0.29, 0.717) is 12.6 Å². The molecule has 3 N–H and O–H groups in total. The van der Waals surface area contributed by atoms with Crippen molar-refractivity contribution >= 4 is 5.91 Å². The number of nitrogens with two attached hydrogens (primary N) is 1. The maximum Gasteiger partial charge on any atom is 0.234 e. The summed E-state index contributed by atoms with van der Waals surface area (Å²) in [5.74, 6) is 0.212. The number of carbonyl (C=O) groups excluding carboxylic acids is 1. The van der Waals surface area contributed by atoms with Crippen LogP contribution < -0.4 is 11.1 Å². The van der Waals surface area contributed by atoms with Crippen LogP contribution >= 0.6 is 0 Å². The number of carbonyl (C=O) groups is 1. The summed E-state index contributed by atoms with van der Waals surface area (Å²) in [5.41, 5.74) is 5.52. The van der Waals surface area contributed by atoms with Crippen molar-refractivity contribution in [3.63, 3.8) is 0 Å². The van der Waals surface area contributed by atoms with E-state index in [1.807, 2.05) is 0 Å². The van der Waals surface area contributed by atoms with Gasteiger partial charge in [-0.25, -0.2) is 0 Å². The molecule has 1 aliphatic heterocycles. The van der Waals surface area contributed by atoms with Crippen LogP contribution in [0.3, 0.4) is 0 Å². The predicted octanol–water partition coefficient (Wildman–Crippen LogP) is 0.402. The number of nitrogens with one attached hydrogen (secondary N) is 1. The Balaban J connectivity index is 1.59. The Morgan fingerprint density at radius 3 is 2.55 bits per heavy atom. The third-order valence-corrected chi connectivity index (χ3v) is 4.17. The third-order valence-electron chi connectivity index (χ3n) is 4.17. The molecule has 0 aromatic rings. The molecule has 0 bridgehead atoms. The van der Waals surface area contributed by atoms with Gasteiger partial charge in [0, 0.05) is 19.1 Å². The van der Waals surface area contributed by atoms with Gasteiger partial charge in [0.1, 0.15) is 0 Å². The number of unbranched alkanes of at least 4 members (excludes halogenated alkanes) is 2. The minimum Gasteiger partial charge on any atom is -0.352 e. The van der Waals surface area contributed by atoms with Crippen LogP contribution in [0.25, 0.3) is 0 Å². The second-order valence-electron chi connectivity index (χ2n) is 6.16. The van der Waals surface area contributed by atoms with Gasteiger partial charge in [-0.05, 0) is 58.3 Å². The molecule has 0 radical (unpaired) electrons. The first-order valence-electron chi connectivity index (χ1n) is 8.22. The smallest absolute Gasteiger partial charge is 0.234 e. The van der Waals surface area contributed by atoms with Gasteiger partial charge in [0.15, 0.2) is 0 Å². The van der Waals surface area contributed by atoms with Gasteiger partial charge in [0.25, 0.3) is 0 Å². The summed E-state index contributed by atoms with van der Waals surface area (Å²) in [4.78, 5) is 16.7. The third kappa shape index (κ3) is 6.20. The molecule has 5 nitrogen and oxygen atoms in total. The number of amides is 1. The summed E-state index contributed by atoms with van der Waals surface area (Å²) < 4.78 is 0. The molecule has 0 spiro atoms. The summed E-state index contributed by atoms with van der Waals surface area (Å²) in [6.07, 6.45) is 7.14. The topological polar surface area (TPSA) is 61.6 Å². The first-order valence-corrected chi connectivity index (χ1v) is 8.22. The molecule has 2 rings (SSSR count). The Morgan fingerprint density at radius 2 is 1.80 bits per heavy atom. The van der Waals surface area contributed by atoms with E-state index in [2.05, 4.69) is 15.1 Å². The molecular weight excluding hydrogens is 252 g/mol. The lowest BCUT2D eigenvalue weighted by molar-refractivity contribution is -0.122. The van der Waals surface area contributed by atoms with Crippen molar-refractivity contribution in [1.82, 2.24) is 15.1 Å². The highest BCUT2D eigenvalue weighted by Gasteiger charge is 2.24. The van der Waals surface area contributed by atoms with E-state index in [0.717, 1.165) is 32.6 Å². The van der Waals surface area contributed by atoms with Crippen molar-refractivity contribution in [3.05, 3.63) is 0 Å². The van der Waals surface area contributed by atoms with Gasteiger partial charge in [-0.1, -0.05) is 6.42 Å². The molecule has 1 heterocycles. The maximum absolute atomic E-state index is 11.8. The summed E-state index contributed by atoms with van der Waals surface area (Å²) >= 11 is 0. The van der Waals surface area contributed by atoms with E-state index in [-0.39, 0.29) is 5.91 Å². The molecule has 1 aliphatic carbocycles. The number of hydrogen-bond donors (Lipinski definition) is 2. The van der Waals surface area contributed by atoms with Crippen molar-refractivity contribution in [2.45, 2.75) is 44.6 Å². The molecule has 116 valence electrons. The lowest BCUT2D eigenvalue weighted by Crippen LogP contribution is -2.40. The molecule has 1 saturated heterocycles. The lowest BCUT2D eigenvalue weighted by Gasteiger charge is -2.21. The largest absolute Gasteiger partial charge is 0.352 e. The molecule has 0 aromatic heterocycles. The second kappa shape index (κ2) is 8.60. The van der Waals surface area contributed by atoms with Gasteiger partial charge in [-0.3, -0.25) is 9.69 Å². The standard InChI is InChI=1S/C15H30N4O/c16-7-2-1-3-8-18-9-4-10-19(12-11-18)13-15(20)17-14-5-6-14/h14H,1-13,16H2,(H,17,20). The van der Waals surface area contributed by atoms with Crippen molar-refractivity contribution in [1.29, 1.82) is 0 Å². The van der Waals surface area contributed by atoms with Crippen LogP contribution in [0.15, 0.2) is 0 Å². The van der Waals surface area contributed by atoms with E-state index in [1.165, 1.54) is 45.2 Å². The summed E-state index contributed by atoms with van der Waals surface area (Å²) in [6, 6.07) is 0.480. The molecule has 0 aromatic carbocycles. The highest BCUT2D eigenvalue weighted by molar-refractivity contribution is 5.78. The average molecular weight is 282 g/mol. The van der Waals surface area contributed by atoms with Crippen LogP contribution in [0.1, 0.15) is 38.5 Å². The van der Waals surface area contributed by atoms with Crippen LogP contribution in [0, 0.1) is 0 Å². The van der Waals surface area contributed by atoms with Gasteiger partial charge < -0.3 is 16.0 Å².